The molecule has 0 aliphatic heterocycles. The number of guanidine groups is 1. The third kappa shape index (κ3) is 13.9. The highest BCUT2D eigenvalue weighted by atomic mass is 32.3. The number of hydrogen-bond donors (Lipinski definition) is 4. The first-order chi connectivity index (χ1) is 9.72. The molecule has 0 saturated heterocycles. The van der Waals surface area contributed by atoms with Gasteiger partial charge < -0.3 is 20.9 Å². The van der Waals surface area contributed by atoms with Gasteiger partial charge in [0.05, 0.1) is 13.3 Å². The standard InChI is InChI=1S/C10H14N4O2.H2O4S/c1-15-8-2-4-9(5-3-8)16-7-6-13-14-10(11)12;1-5(2,3)4/h2-6H,7H2,1H3,(H4,11,12,14);(H2,1,2,3,4)/b13-6+;. The first kappa shape index (κ1) is 18.6. The van der Waals surface area contributed by atoms with Gasteiger partial charge in [0.2, 0.25) is 5.96 Å². The Hall–Kier alpha value is -2.37. The van der Waals surface area contributed by atoms with Crippen LogP contribution >= 0.6 is 0 Å². The highest BCUT2D eigenvalue weighted by Crippen LogP contribution is 2.16. The molecule has 1 aromatic rings. The van der Waals surface area contributed by atoms with Crippen LogP contribution in [-0.4, -0.2) is 43.4 Å². The molecule has 0 unspecified atom stereocenters. The van der Waals surface area contributed by atoms with E-state index in [1.165, 1.54) is 6.21 Å². The zero-order chi connectivity index (χ0) is 16.3. The molecule has 10 nitrogen and oxygen atoms in total. The Labute approximate surface area is 121 Å². The number of benzene rings is 1. The summed E-state index contributed by atoms with van der Waals surface area (Å²) >= 11 is 0. The Balaban J connectivity index is 0.000000690. The van der Waals surface area contributed by atoms with Crippen LogP contribution in [0.4, 0.5) is 0 Å². The summed E-state index contributed by atoms with van der Waals surface area (Å²) in [6.45, 7) is 0.295. The fraction of sp³-hybridized carbons (Fsp3) is 0.200. The molecule has 0 aliphatic carbocycles. The minimum absolute atomic E-state index is 0.0827. The van der Waals surface area contributed by atoms with E-state index in [4.69, 9.17) is 38.5 Å². The largest absolute Gasteiger partial charge is 0.497 e. The van der Waals surface area contributed by atoms with Crippen LogP contribution in [0.3, 0.4) is 0 Å². The van der Waals surface area contributed by atoms with Crippen LogP contribution in [0.1, 0.15) is 0 Å². The third-order valence-corrected chi connectivity index (χ3v) is 1.64. The van der Waals surface area contributed by atoms with Gasteiger partial charge in [-0.15, -0.1) is 5.10 Å². The minimum Gasteiger partial charge on any atom is -0.497 e. The second-order valence-electron chi connectivity index (χ2n) is 3.26. The fourth-order valence-corrected chi connectivity index (χ4v) is 0.946. The van der Waals surface area contributed by atoms with Crippen molar-refractivity contribution in [3.8, 4) is 11.5 Å². The van der Waals surface area contributed by atoms with Crippen molar-refractivity contribution in [1.82, 2.24) is 0 Å². The van der Waals surface area contributed by atoms with Gasteiger partial charge in [-0.25, -0.2) is 0 Å². The van der Waals surface area contributed by atoms with Gasteiger partial charge in [0.15, 0.2) is 0 Å². The van der Waals surface area contributed by atoms with E-state index in [0.717, 1.165) is 11.5 Å². The maximum atomic E-state index is 8.74. The van der Waals surface area contributed by atoms with Crippen molar-refractivity contribution in [2.24, 2.45) is 21.7 Å². The topological polar surface area (TPSA) is 170 Å². The average Bonchev–Trinajstić information content (AvgIpc) is 2.37. The van der Waals surface area contributed by atoms with Crippen molar-refractivity contribution in [1.29, 1.82) is 0 Å². The second-order valence-corrected chi connectivity index (χ2v) is 4.15. The van der Waals surface area contributed by atoms with E-state index < -0.39 is 10.4 Å². The van der Waals surface area contributed by atoms with Crippen LogP contribution < -0.4 is 20.9 Å². The summed E-state index contributed by atoms with van der Waals surface area (Å²) in [6, 6.07) is 7.21. The molecule has 0 amide bonds. The molecule has 6 N–H and O–H groups in total. The Kier molecular flexibility index (Phi) is 8.45. The zero-order valence-corrected chi connectivity index (χ0v) is 11.9. The van der Waals surface area contributed by atoms with Crippen molar-refractivity contribution in [2.75, 3.05) is 13.7 Å². The van der Waals surface area contributed by atoms with E-state index in [1.807, 2.05) is 12.1 Å². The van der Waals surface area contributed by atoms with Crippen LogP contribution in [0.2, 0.25) is 0 Å². The maximum Gasteiger partial charge on any atom is 0.394 e. The average molecular weight is 320 g/mol. The lowest BCUT2D eigenvalue weighted by atomic mass is 10.3. The molecule has 0 radical (unpaired) electrons. The number of ether oxygens (including phenoxy) is 2. The summed E-state index contributed by atoms with van der Waals surface area (Å²) in [5.74, 6) is 1.42. The van der Waals surface area contributed by atoms with Gasteiger partial charge in [0.1, 0.15) is 18.1 Å². The van der Waals surface area contributed by atoms with E-state index in [-0.39, 0.29) is 5.96 Å². The summed E-state index contributed by atoms with van der Waals surface area (Å²) in [6.07, 6.45) is 1.46. The molecule has 0 fully saturated rings. The normalized spacial score (nSPS) is 10.4. The van der Waals surface area contributed by atoms with E-state index in [1.54, 1.807) is 19.2 Å². The van der Waals surface area contributed by atoms with Gasteiger partial charge in [0, 0.05) is 0 Å². The summed E-state index contributed by atoms with van der Waals surface area (Å²) < 4.78 is 41.9. The van der Waals surface area contributed by atoms with Gasteiger partial charge in [0.25, 0.3) is 0 Å². The SMILES string of the molecule is COc1ccc(OC/C=N/N=C(N)N)cc1.O=S(=O)(O)O. The van der Waals surface area contributed by atoms with E-state index in [0.29, 0.717) is 6.61 Å². The monoisotopic (exact) mass is 320 g/mol. The van der Waals surface area contributed by atoms with Gasteiger partial charge in [-0.2, -0.15) is 13.5 Å². The van der Waals surface area contributed by atoms with E-state index >= 15 is 0 Å². The molecule has 21 heavy (non-hydrogen) atoms. The molecule has 11 heteroatoms. The van der Waals surface area contributed by atoms with Crippen LogP contribution in [0.15, 0.2) is 34.5 Å². The number of nitrogens with two attached hydrogens (primary N) is 2. The molecule has 0 aliphatic rings. The predicted molar refractivity (Wildman–Crippen MR) is 77.0 cm³/mol. The molecule has 0 bridgehead atoms. The first-order valence-electron chi connectivity index (χ1n) is 5.29. The van der Waals surface area contributed by atoms with Crippen molar-refractivity contribution >= 4 is 22.6 Å². The fourth-order valence-electron chi connectivity index (χ4n) is 0.946. The van der Waals surface area contributed by atoms with Crippen molar-refractivity contribution in [2.45, 2.75) is 0 Å². The zero-order valence-electron chi connectivity index (χ0n) is 11.1. The lowest BCUT2D eigenvalue weighted by molar-refractivity contribution is 0.377. The van der Waals surface area contributed by atoms with E-state index in [9.17, 15) is 0 Å². The van der Waals surface area contributed by atoms with Gasteiger partial charge >= 0.3 is 10.4 Å². The lowest BCUT2D eigenvalue weighted by Gasteiger charge is -2.03. The Morgan fingerprint density at radius 3 is 2.14 bits per heavy atom. The van der Waals surface area contributed by atoms with E-state index in [2.05, 4.69) is 10.2 Å². The molecule has 1 aromatic carbocycles. The smallest absolute Gasteiger partial charge is 0.394 e. The van der Waals surface area contributed by atoms with Crippen molar-refractivity contribution < 1.29 is 27.0 Å². The first-order valence-corrected chi connectivity index (χ1v) is 6.69. The third-order valence-electron chi connectivity index (χ3n) is 1.64. The molecule has 0 spiro atoms. The van der Waals surface area contributed by atoms with Crippen LogP contribution in [0.25, 0.3) is 0 Å². The molecule has 1 rings (SSSR count). The quantitative estimate of drug-likeness (QED) is 0.247. The minimum atomic E-state index is -4.67. The van der Waals surface area contributed by atoms with Crippen molar-refractivity contribution in [3.05, 3.63) is 24.3 Å². The van der Waals surface area contributed by atoms with Gasteiger partial charge in [-0.05, 0) is 24.3 Å². The lowest BCUT2D eigenvalue weighted by Crippen LogP contribution is -2.21. The number of rotatable bonds is 5. The second kappa shape index (κ2) is 9.52. The van der Waals surface area contributed by atoms with Crippen LogP contribution in [0.5, 0.6) is 11.5 Å². The Morgan fingerprint density at radius 1 is 1.24 bits per heavy atom. The molecule has 0 atom stereocenters. The van der Waals surface area contributed by atoms with Gasteiger partial charge in [-0.1, -0.05) is 0 Å². The highest BCUT2D eigenvalue weighted by Gasteiger charge is 1.93. The molecule has 0 heterocycles. The Bertz CT molecular complexity index is 558. The molecule has 0 saturated carbocycles. The van der Waals surface area contributed by atoms with Gasteiger partial charge in [-0.3, -0.25) is 9.11 Å². The highest BCUT2D eigenvalue weighted by molar-refractivity contribution is 7.79. The van der Waals surface area contributed by atoms with Crippen LogP contribution in [-0.2, 0) is 10.4 Å². The number of methoxy groups -OCH3 is 1. The van der Waals surface area contributed by atoms with Crippen molar-refractivity contribution in [3.63, 3.8) is 0 Å². The van der Waals surface area contributed by atoms with Crippen LogP contribution in [0, 0.1) is 0 Å². The predicted octanol–water partition coefficient (Wildman–Crippen LogP) is -0.320. The molecular weight excluding hydrogens is 304 g/mol. The summed E-state index contributed by atoms with van der Waals surface area (Å²) in [5.41, 5.74) is 10.2. The Morgan fingerprint density at radius 2 is 1.71 bits per heavy atom. The maximum absolute atomic E-state index is 8.74. The molecule has 118 valence electrons. The summed E-state index contributed by atoms with van der Waals surface area (Å²) in [7, 11) is -3.06. The summed E-state index contributed by atoms with van der Waals surface area (Å²) in [5, 5.41) is 7.01. The molecule has 0 aromatic heterocycles. The number of nitrogens with zero attached hydrogens (tertiary/aromatic N) is 2. The summed E-state index contributed by atoms with van der Waals surface area (Å²) in [4.78, 5) is 0. The molecular formula is C10H16N4O6S. The number of hydrogen-bond acceptors (Lipinski definition) is 6.